The molecule has 0 saturated heterocycles. The molecule has 3 rings (SSSR count). The smallest absolute Gasteiger partial charge is 0.407 e. The van der Waals surface area contributed by atoms with Crippen LogP contribution in [0.15, 0.2) is 22.7 Å². The number of hydrogen-bond donors (Lipinski definition) is 3. The van der Waals surface area contributed by atoms with E-state index in [1.165, 1.54) is 10.6 Å². The Kier molecular flexibility index (Phi) is 6.10. The van der Waals surface area contributed by atoms with Gasteiger partial charge in [-0.15, -0.1) is 0 Å². The Bertz CT molecular complexity index is 833. The molecule has 0 fully saturated rings. The highest BCUT2D eigenvalue weighted by Crippen LogP contribution is 2.37. The molecular weight excluding hydrogens is 430 g/mol. The molecule has 6 nitrogen and oxygen atoms in total. The summed E-state index contributed by atoms with van der Waals surface area (Å²) in [7, 11) is 0. The van der Waals surface area contributed by atoms with E-state index in [2.05, 4.69) is 32.3 Å². The van der Waals surface area contributed by atoms with E-state index < -0.39 is 11.7 Å². The van der Waals surface area contributed by atoms with Gasteiger partial charge in [0, 0.05) is 33.4 Å². The summed E-state index contributed by atoms with van der Waals surface area (Å²) in [4.78, 5) is 15.8. The number of nitrogens with zero attached hydrogens (tertiary/aromatic N) is 1. The van der Waals surface area contributed by atoms with E-state index in [0.29, 0.717) is 12.3 Å². The Hall–Kier alpha value is -1.22. The molecule has 1 aliphatic rings. The Morgan fingerprint density at radius 2 is 2.26 bits per heavy atom. The highest BCUT2D eigenvalue weighted by Gasteiger charge is 2.37. The van der Waals surface area contributed by atoms with Gasteiger partial charge in [-0.1, -0.05) is 22.0 Å². The summed E-state index contributed by atoms with van der Waals surface area (Å²) < 4.78 is 6.43. The van der Waals surface area contributed by atoms with Gasteiger partial charge in [0.05, 0.1) is 12.1 Å². The molecular formula is C19H26BrN3O3S. The van der Waals surface area contributed by atoms with Gasteiger partial charge in [0.2, 0.25) is 0 Å². The van der Waals surface area contributed by atoms with Crippen LogP contribution in [0.4, 0.5) is 4.79 Å². The second-order valence-electron chi connectivity index (χ2n) is 7.77. The number of hydroxylamine groups is 2. The second-order valence-corrected chi connectivity index (χ2v) is 9.60. The van der Waals surface area contributed by atoms with Gasteiger partial charge in [-0.3, -0.25) is 0 Å². The number of ether oxygens (including phenoxy) is 1. The fraction of sp³-hybridized carbons (Fsp3) is 0.526. The first kappa shape index (κ1) is 20.5. The molecule has 2 heterocycles. The van der Waals surface area contributed by atoms with Crippen molar-refractivity contribution in [2.45, 2.75) is 44.9 Å². The molecule has 2 atom stereocenters. The van der Waals surface area contributed by atoms with Crippen LogP contribution < -0.4 is 5.32 Å². The summed E-state index contributed by atoms with van der Waals surface area (Å²) in [6.07, 6.45) is 2.26. The van der Waals surface area contributed by atoms with Gasteiger partial charge in [0.15, 0.2) is 0 Å². The zero-order valence-corrected chi connectivity index (χ0v) is 18.4. The molecule has 148 valence electrons. The lowest BCUT2D eigenvalue weighted by Crippen LogP contribution is -2.50. The van der Waals surface area contributed by atoms with Gasteiger partial charge in [-0.25, -0.2) is 4.79 Å². The summed E-state index contributed by atoms with van der Waals surface area (Å²) in [6.45, 7) is 6.02. The predicted octanol–water partition coefficient (Wildman–Crippen LogP) is 4.48. The van der Waals surface area contributed by atoms with Gasteiger partial charge >= 0.3 is 6.09 Å². The fourth-order valence-electron chi connectivity index (χ4n) is 3.54. The number of aromatic amines is 1. The van der Waals surface area contributed by atoms with Crippen LogP contribution in [0.1, 0.15) is 38.1 Å². The van der Waals surface area contributed by atoms with E-state index in [1.807, 2.05) is 39.2 Å². The predicted molar refractivity (Wildman–Crippen MR) is 112 cm³/mol. The van der Waals surface area contributed by atoms with Crippen molar-refractivity contribution >= 4 is 44.7 Å². The monoisotopic (exact) mass is 455 g/mol. The fourth-order valence-corrected chi connectivity index (χ4v) is 4.53. The van der Waals surface area contributed by atoms with E-state index in [-0.39, 0.29) is 12.1 Å². The number of hydrogen-bond acceptors (Lipinski definition) is 5. The number of aromatic nitrogens is 1. The lowest BCUT2D eigenvalue weighted by Gasteiger charge is -2.36. The number of H-pyrrole nitrogens is 1. The van der Waals surface area contributed by atoms with E-state index >= 15 is 0 Å². The first-order valence-electron chi connectivity index (χ1n) is 8.93. The Morgan fingerprint density at radius 3 is 2.93 bits per heavy atom. The molecule has 1 aliphatic heterocycles. The normalized spacial score (nSPS) is 19.0. The number of halogens is 1. The molecule has 0 aliphatic carbocycles. The maximum Gasteiger partial charge on any atom is 0.407 e. The largest absolute Gasteiger partial charge is 0.444 e. The number of alkyl carbamates (subject to hydrolysis) is 1. The second kappa shape index (κ2) is 8.03. The average Bonchev–Trinajstić information content (AvgIpc) is 2.89. The van der Waals surface area contributed by atoms with Crippen LogP contribution in [0, 0.1) is 0 Å². The topological polar surface area (TPSA) is 77.6 Å². The zero-order valence-electron chi connectivity index (χ0n) is 16.0. The molecule has 1 aromatic carbocycles. The zero-order chi connectivity index (χ0) is 19.8. The molecule has 8 heteroatoms. The number of nitrogens with one attached hydrogen (secondary N) is 2. The van der Waals surface area contributed by atoms with Crippen LogP contribution >= 0.6 is 27.7 Å². The number of amides is 1. The van der Waals surface area contributed by atoms with Crippen LogP contribution in [-0.2, 0) is 11.2 Å². The Labute approximate surface area is 172 Å². The summed E-state index contributed by atoms with van der Waals surface area (Å²) in [5.74, 6) is 0.652. The quantitative estimate of drug-likeness (QED) is 0.633. The lowest BCUT2D eigenvalue weighted by atomic mass is 9.95. The third-order valence-electron chi connectivity index (χ3n) is 4.54. The highest BCUT2D eigenvalue weighted by atomic mass is 79.9. The number of carbonyl (C=O) groups is 1. The SMILES string of the molecule is CSC[C@@H](NC(=O)OC(C)(C)C)[C@H]1c2[nH]c3cc(Br)ccc3c2CCN1O. The maximum atomic E-state index is 12.4. The molecule has 27 heavy (non-hydrogen) atoms. The summed E-state index contributed by atoms with van der Waals surface area (Å²) in [5, 5.41) is 16.1. The van der Waals surface area contributed by atoms with Crippen molar-refractivity contribution in [3.63, 3.8) is 0 Å². The van der Waals surface area contributed by atoms with Crippen molar-refractivity contribution in [2.75, 3.05) is 18.6 Å². The lowest BCUT2D eigenvalue weighted by molar-refractivity contribution is -0.141. The molecule has 1 amide bonds. The molecule has 1 aromatic heterocycles. The van der Waals surface area contributed by atoms with Crippen molar-refractivity contribution in [1.82, 2.24) is 15.4 Å². The summed E-state index contributed by atoms with van der Waals surface area (Å²) in [6, 6.07) is 5.49. The highest BCUT2D eigenvalue weighted by molar-refractivity contribution is 9.10. The van der Waals surface area contributed by atoms with Gasteiger partial charge < -0.3 is 20.2 Å². The number of benzene rings is 1. The summed E-state index contributed by atoms with van der Waals surface area (Å²) in [5.41, 5.74) is 2.60. The van der Waals surface area contributed by atoms with Crippen LogP contribution in [0.3, 0.4) is 0 Å². The molecule has 0 unspecified atom stereocenters. The minimum atomic E-state index is -0.571. The van der Waals surface area contributed by atoms with Crippen LogP contribution in [0.2, 0.25) is 0 Å². The molecule has 0 bridgehead atoms. The average molecular weight is 456 g/mol. The van der Waals surface area contributed by atoms with Crippen LogP contribution in [-0.4, -0.2) is 51.5 Å². The number of rotatable bonds is 4. The third kappa shape index (κ3) is 4.62. The van der Waals surface area contributed by atoms with E-state index in [0.717, 1.165) is 27.5 Å². The van der Waals surface area contributed by atoms with Gasteiger partial charge in [0.1, 0.15) is 5.60 Å². The molecule has 0 spiro atoms. The number of thioether (sulfide) groups is 1. The number of fused-ring (bicyclic) bond motifs is 3. The third-order valence-corrected chi connectivity index (χ3v) is 5.72. The Balaban J connectivity index is 1.95. The summed E-state index contributed by atoms with van der Waals surface area (Å²) >= 11 is 5.13. The molecule has 0 radical (unpaired) electrons. The van der Waals surface area contributed by atoms with E-state index in [1.54, 1.807) is 11.8 Å². The van der Waals surface area contributed by atoms with Crippen LogP contribution in [0.5, 0.6) is 0 Å². The minimum Gasteiger partial charge on any atom is -0.444 e. The molecule has 3 N–H and O–H groups in total. The molecule has 2 aromatic rings. The van der Waals surface area contributed by atoms with Crippen molar-refractivity contribution in [3.05, 3.63) is 33.9 Å². The molecule has 0 saturated carbocycles. The van der Waals surface area contributed by atoms with Gasteiger partial charge in [-0.05, 0) is 51.1 Å². The maximum absolute atomic E-state index is 12.4. The standard InChI is InChI=1S/C19H26BrN3O3S/c1-19(2,3)26-18(24)22-15(10-27-4)17-16-13(7-8-23(17)25)12-6-5-11(20)9-14(12)21-16/h5-6,9,15,17,21,25H,7-8,10H2,1-4H3,(H,22,24)/t15-,17+/m1/s1. The van der Waals surface area contributed by atoms with Gasteiger partial charge in [-0.2, -0.15) is 16.8 Å². The first-order chi connectivity index (χ1) is 12.7. The van der Waals surface area contributed by atoms with Crippen molar-refractivity contribution < 1.29 is 14.7 Å². The van der Waals surface area contributed by atoms with E-state index in [4.69, 9.17) is 4.74 Å². The van der Waals surface area contributed by atoms with Crippen molar-refractivity contribution in [1.29, 1.82) is 0 Å². The number of carbonyl (C=O) groups excluding carboxylic acids is 1. The van der Waals surface area contributed by atoms with E-state index in [9.17, 15) is 10.0 Å². The van der Waals surface area contributed by atoms with Crippen LogP contribution in [0.25, 0.3) is 10.9 Å². The van der Waals surface area contributed by atoms with Gasteiger partial charge in [0.25, 0.3) is 0 Å². The Morgan fingerprint density at radius 1 is 1.52 bits per heavy atom. The van der Waals surface area contributed by atoms with Crippen molar-refractivity contribution in [2.24, 2.45) is 0 Å². The van der Waals surface area contributed by atoms with Crippen molar-refractivity contribution in [3.8, 4) is 0 Å². The first-order valence-corrected chi connectivity index (χ1v) is 11.1. The minimum absolute atomic E-state index is 0.296.